The van der Waals surface area contributed by atoms with Gasteiger partial charge in [0.05, 0.1) is 5.56 Å². The van der Waals surface area contributed by atoms with E-state index in [-0.39, 0.29) is 12.0 Å². The second kappa shape index (κ2) is 4.88. The first-order valence-electron chi connectivity index (χ1n) is 6.22. The molecule has 19 heavy (non-hydrogen) atoms. The predicted octanol–water partition coefficient (Wildman–Crippen LogP) is 2.29. The maximum atomic E-state index is 11.8. The van der Waals surface area contributed by atoms with Gasteiger partial charge in [0.25, 0.3) is 0 Å². The Labute approximate surface area is 112 Å². The Morgan fingerprint density at radius 1 is 1.47 bits per heavy atom. The first-order valence-corrected chi connectivity index (χ1v) is 6.22. The van der Waals surface area contributed by atoms with E-state index in [1.807, 2.05) is 26.8 Å². The van der Waals surface area contributed by atoms with Crippen molar-refractivity contribution in [3.63, 3.8) is 0 Å². The van der Waals surface area contributed by atoms with Crippen LogP contribution in [0.2, 0.25) is 0 Å². The summed E-state index contributed by atoms with van der Waals surface area (Å²) in [6.45, 7) is 6.78. The molecule has 0 atom stereocenters. The summed E-state index contributed by atoms with van der Waals surface area (Å²) in [5.41, 5.74) is 1.08. The molecule has 0 saturated carbocycles. The highest BCUT2D eigenvalue weighted by Gasteiger charge is 2.34. The van der Waals surface area contributed by atoms with E-state index in [1.54, 1.807) is 11.1 Å². The molecule has 0 radical (unpaired) electrons. The maximum Gasteiger partial charge on any atom is 0.410 e. The van der Waals surface area contributed by atoms with Crippen LogP contribution in [-0.4, -0.2) is 34.7 Å². The minimum absolute atomic E-state index is 0.244. The Morgan fingerprint density at radius 2 is 2.16 bits per heavy atom. The molecule has 1 aromatic heterocycles. The molecule has 0 spiro atoms. The summed E-state index contributed by atoms with van der Waals surface area (Å²) >= 11 is 0. The van der Waals surface area contributed by atoms with Gasteiger partial charge in [0.15, 0.2) is 0 Å². The molecule has 5 heteroatoms. The second-order valence-electron chi connectivity index (χ2n) is 5.70. The lowest BCUT2D eigenvalue weighted by Crippen LogP contribution is -2.50. The van der Waals surface area contributed by atoms with Gasteiger partial charge in [-0.05, 0) is 32.4 Å². The van der Waals surface area contributed by atoms with Gasteiger partial charge in [-0.3, -0.25) is 4.98 Å². The van der Waals surface area contributed by atoms with Gasteiger partial charge in [-0.15, -0.1) is 0 Å². The molecule has 100 valence electrons. The quantitative estimate of drug-likeness (QED) is 0.776. The lowest BCUT2D eigenvalue weighted by molar-refractivity contribution is 0.00817. The van der Waals surface area contributed by atoms with Gasteiger partial charge in [0.2, 0.25) is 0 Å². The van der Waals surface area contributed by atoms with E-state index in [4.69, 9.17) is 10.00 Å². The summed E-state index contributed by atoms with van der Waals surface area (Å²) in [5, 5.41) is 8.83. The van der Waals surface area contributed by atoms with Crippen molar-refractivity contribution in [2.45, 2.75) is 32.3 Å². The van der Waals surface area contributed by atoms with E-state index in [1.165, 1.54) is 6.20 Å². The molecule has 1 amide bonds. The van der Waals surface area contributed by atoms with E-state index in [2.05, 4.69) is 11.1 Å². The Morgan fingerprint density at radius 3 is 2.74 bits per heavy atom. The Bertz CT molecular complexity index is 522. The third-order valence-electron chi connectivity index (χ3n) is 2.89. The normalized spacial score (nSPS) is 15.6. The van der Waals surface area contributed by atoms with E-state index in [9.17, 15) is 4.79 Å². The molecule has 1 saturated heterocycles. The number of amides is 1. The van der Waals surface area contributed by atoms with Crippen molar-refractivity contribution in [2.75, 3.05) is 13.1 Å². The first kappa shape index (κ1) is 13.3. The zero-order chi connectivity index (χ0) is 14.0. The molecule has 0 unspecified atom stereocenters. The van der Waals surface area contributed by atoms with E-state index < -0.39 is 5.60 Å². The number of nitrogens with zero attached hydrogens (tertiary/aromatic N) is 3. The van der Waals surface area contributed by atoms with Crippen LogP contribution in [0.25, 0.3) is 0 Å². The highest BCUT2D eigenvalue weighted by atomic mass is 16.6. The summed E-state index contributed by atoms with van der Waals surface area (Å²) < 4.78 is 5.29. The maximum absolute atomic E-state index is 11.8. The largest absolute Gasteiger partial charge is 0.444 e. The number of aromatic nitrogens is 1. The molecule has 1 fully saturated rings. The number of rotatable bonds is 1. The van der Waals surface area contributed by atoms with Crippen LogP contribution in [0.4, 0.5) is 4.79 Å². The second-order valence-corrected chi connectivity index (χ2v) is 5.70. The number of pyridine rings is 1. The van der Waals surface area contributed by atoms with E-state index in [0.717, 1.165) is 5.56 Å². The van der Waals surface area contributed by atoms with Crippen molar-refractivity contribution < 1.29 is 9.53 Å². The fraction of sp³-hybridized carbons (Fsp3) is 0.500. The van der Waals surface area contributed by atoms with Crippen LogP contribution in [0.3, 0.4) is 0 Å². The monoisotopic (exact) mass is 259 g/mol. The van der Waals surface area contributed by atoms with Crippen molar-refractivity contribution in [2.24, 2.45) is 0 Å². The third kappa shape index (κ3) is 3.22. The van der Waals surface area contributed by atoms with E-state index >= 15 is 0 Å². The molecule has 1 aliphatic heterocycles. The zero-order valence-electron chi connectivity index (χ0n) is 11.4. The molecule has 2 rings (SSSR count). The molecule has 2 heterocycles. The number of likely N-dealkylation sites (tertiary alicyclic amines) is 1. The number of carbonyl (C=O) groups is 1. The standard InChI is InChI=1S/C14H17N3O2/c1-14(2,3)19-13(18)17-8-12(9-17)11-4-10(5-15)6-16-7-11/h4,6-7,12H,8-9H2,1-3H3. The smallest absolute Gasteiger partial charge is 0.410 e. The average Bonchev–Trinajstić information content (AvgIpc) is 2.25. The third-order valence-corrected chi connectivity index (χ3v) is 2.89. The van der Waals surface area contributed by atoms with Crippen LogP contribution < -0.4 is 0 Å². The number of hydrogen-bond donors (Lipinski definition) is 0. The number of hydrogen-bond acceptors (Lipinski definition) is 4. The molecule has 1 aliphatic rings. The van der Waals surface area contributed by atoms with Gasteiger partial charge in [-0.25, -0.2) is 4.79 Å². The summed E-state index contributed by atoms with van der Waals surface area (Å²) in [6, 6.07) is 3.89. The topological polar surface area (TPSA) is 66.2 Å². The minimum atomic E-state index is -0.468. The van der Waals surface area contributed by atoms with Crippen molar-refractivity contribution in [3.05, 3.63) is 29.6 Å². The molecule has 1 aromatic rings. The molecular formula is C14H17N3O2. The van der Waals surface area contributed by atoms with Gasteiger partial charge in [0, 0.05) is 31.4 Å². The van der Waals surface area contributed by atoms with Gasteiger partial charge in [-0.1, -0.05) is 0 Å². The molecule has 0 bridgehead atoms. The number of carbonyl (C=O) groups excluding carboxylic acids is 1. The van der Waals surface area contributed by atoms with Gasteiger partial charge >= 0.3 is 6.09 Å². The van der Waals surface area contributed by atoms with Crippen LogP contribution >= 0.6 is 0 Å². The molecule has 0 N–H and O–H groups in total. The summed E-state index contributed by atoms with van der Waals surface area (Å²) in [6.07, 6.45) is 3.00. The van der Waals surface area contributed by atoms with Crippen LogP contribution in [-0.2, 0) is 4.74 Å². The average molecular weight is 259 g/mol. The fourth-order valence-electron chi connectivity index (χ4n) is 1.91. The molecule has 0 aromatic carbocycles. The van der Waals surface area contributed by atoms with Crippen molar-refractivity contribution in [1.29, 1.82) is 5.26 Å². The zero-order valence-corrected chi connectivity index (χ0v) is 11.4. The van der Waals surface area contributed by atoms with Gasteiger partial charge in [0.1, 0.15) is 11.7 Å². The predicted molar refractivity (Wildman–Crippen MR) is 69.5 cm³/mol. The Hall–Kier alpha value is -2.09. The summed E-state index contributed by atoms with van der Waals surface area (Å²) in [7, 11) is 0. The highest BCUT2D eigenvalue weighted by Crippen LogP contribution is 2.28. The van der Waals surface area contributed by atoms with Crippen LogP contribution in [0.1, 0.15) is 37.8 Å². The van der Waals surface area contributed by atoms with Gasteiger partial charge < -0.3 is 9.64 Å². The molecule has 5 nitrogen and oxygen atoms in total. The van der Waals surface area contributed by atoms with Crippen molar-refractivity contribution in [1.82, 2.24) is 9.88 Å². The highest BCUT2D eigenvalue weighted by molar-refractivity contribution is 5.69. The van der Waals surface area contributed by atoms with E-state index in [0.29, 0.717) is 18.7 Å². The fourth-order valence-corrected chi connectivity index (χ4v) is 1.91. The number of nitriles is 1. The lowest BCUT2D eigenvalue weighted by atomic mass is 9.92. The van der Waals surface area contributed by atoms with Crippen molar-refractivity contribution >= 4 is 6.09 Å². The molecule has 0 aliphatic carbocycles. The SMILES string of the molecule is CC(C)(C)OC(=O)N1CC(c2cncc(C#N)c2)C1. The van der Waals surface area contributed by atoms with Crippen molar-refractivity contribution in [3.8, 4) is 6.07 Å². The molecular weight excluding hydrogens is 242 g/mol. The van der Waals surface area contributed by atoms with Crippen LogP contribution in [0, 0.1) is 11.3 Å². The van der Waals surface area contributed by atoms with Crippen LogP contribution in [0.5, 0.6) is 0 Å². The summed E-state index contributed by atoms with van der Waals surface area (Å²) in [5.74, 6) is 0.244. The Balaban J connectivity index is 1.93. The number of ether oxygens (including phenoxy) is 1. The Kier molecular flexibility index (Phi) is 3.43. The summed E-state index contributed by atoms with van der Waals surface area (Å²) in [4.78, 5) is 17.5. The first-order chi connectivity index (χ1) is 8.89. The van der Waals surface area contributed by atoms with Crippen LogP contribution in [0.15, 0.2) is 18.5 Å². The lowest BCUT2D eigenvalue weighted by Gasteiger charge is -2.39. The van der Waals surface area contributed by atoms with Gasteiger partial charge in [-0.2, -0.15) is 5.26 Å². The minimum Gasteiger partial charge on any atom is -0.444 e.